The van der Waals surface area contributed by atoms with Crippen molar-refractivity contribution in [1.29, 1.82) is 0 Å². The first kappa shape index (κ1) is 16.0. The Morgan fingerprint density at radius 1 is 0.900 bits per heavy atom. The number of ether oxygens (including phenoxy) is 3. The fraction of sp³-hybridized carbons (Fsp3) is 1.00. The second kappa shape index (κ2) is 6.60. The molecule has 2 rings (SSSR count). The molecule has 0 spiro atoms. The summed E-state index contributed by atoms with van der Waals surface area (Å²) in [6, 6.07) is 0. The molecule has 118 valence electrons. The monoisotopic (exact) mass is 296 g/mol. The lowest BCUT2D eigenvalue weighted by molar-refractivity contribution is -0.230. The molecule has 0 radical (unpaired) electrons. The predicted molar refractivity (Wildman–Crippen MR) is 61.5 cm³/mol. The van der Waals surface area contributed by atoms with Gasteiger partial charge in [0.2, 0.25) is 0 Å². The molecule has 6 N–H and O–H groups in total. The molecular weight excluding hydrogens is 276 g/mol. The van der Waals surface area contributed by atoms with Crippen molar-refractivity contribution in [3.63, 3.8) is 0 Å². The maximum absolute atomic E-state index is 9.69. The van der Waals surface area contributed by atoms with Gasteiger partial charge in [0.05, 0.1) is 19.8 Å². The lowest BCUT2D eigenvalue weighted by atomic mass is 10.0. The Kier molecular flexibility index (Phi) is 5.29. The zero-order valence-corrected chi connectivity index (χ0v) is 10.6. The Hall–Kier alpha value is -0.360. The molecule has 2 aliphatic heterocycles. The second-order valence-electron chi connectivity index (χ2n) is 4.96. The van der Waals surface area contributed by atoms with Gasteiger partial charge in [0.1, 0.15) is 42.7 Å². The van der Waals surface area contributed by atoms with Crippen LogP contribution in [-0.2, 0) is 14.2 Å². The fourth-order valence-electron chi connectivity index (χ4n) is 2.21. The van der Waals surface area contributed by atoms with Gasteiger partial charge in [-0.15, -0.1) is 0 Å². The minimum absolute atomic E-state index is 0.151. The lowest BCUT2D eigenvalue weighted by Crippen LogP contribution is -2.54. The minimum Gasteiger partial charge on any atom is -0.394 e. The number of rotatable bonds is 4. The van der Waals surface area contributed by atoms with Crippen LogP contribution in [0.15, 0.2) is 0 Å². The van der Waals surface area contributed by atoms with Crippen molar-refractivity contribution in [3.8, 4) is 0 Å². The van der Waals surface area contributed by atoms with E-state index in [1.807, 2.05) is 0 Å². The zero-order valence-electron chi connectivity index (χ0n) is 10.6. The third-order valence-electron chi connectivity index (χ3n) is 3.53. The van der Waals surface area contributed by atoms with Crippen LogP contribution in [0.3, 0.4) is 0 Å². The molecule has 9 heteroatoms. The Labute approximate surface area is 114 Å². The van der Waals surface area contributed by atoms with E-state index in [-0.39, 0.29) is 13.2 Å². The molecule has 20 heavy (non-hydrogen) atoms. The highest BCUT2D eigenvalue weighted by atomic mass is 16.7. The lowest BCUT2D eigenvalue weighted by Gasteiger charge is -2.35. The molecule has 2 fully saturated rings. The van der Waals surface area contributed by atoms with E-state index in [0.29, 0.717) is 0 Å². The van der Waals surface area contributed by atoms with E-state index in [1.54, 1.807) is 0 Å². The molecule has 2 heterocycles. The largest absolute Gasteiger partial charge is 0.394 e. The number of hydrogen-bond acceptors (Lipinski definition) is 9. The summed E-state index contributed by atoms with van der Waals surface area (Å²) in [7, 11) is 0. The average Bonchev–Trinajstić information content (AvgIpc) is 2.71. The SMILES string of the molecule is OC[C@@H]1O[C@@H](OC[C@H]2OC[C@H](O)[C@@H](O)[C@@H]2O)[C@H](O)[C@H]1O. The van der Waals surface area contributed by atoms with Crippen molar-refractivity contribution >= 4 is 0 Å². The predicted octanol–water partition coefficient (Wildman–Crippen LogP) is -4.08. The van der Waals surface area contributed by atoms with E-state index in [9.17, 15) is 25.5 Å². The summed E-state index contributed by atoms with van der Waals surface area (Å²) >= 11 is 0. The molecule has 2 saturated heterocycles. The molecule has 0 saturated carbocycles. The molecule has 0 aromatic carbocycles. The Morgan fingerprint density at radius 2 is 1.55 bits per heavy atom. The van der Waals surface area contributed by atoms with Gasteiger partial charge in [0.15, 0.2) is 6.29 Å². The standard InChI is InChI=1S/C11H20O9/c12-1-5-8(15)10(17)11(20-5)19-3-6-9(16)7(14)4(13)2-18-6/h4-17H,1-3H2/t4-,5-,6+,7+,8-,9+,10+,11+/m0/s1. The fourth-order valence-corrected chi connectivity index (χ4v) is 2.21. The molecule has 9 nitrogen and oxygen atoms in total. The maximum atomic E-state index is 9.69. The van der Waals surface area contributed by atoms with Crippen LogP contribution < -0.4 is 0 Å². The number of aliphatic hydroxyl groups excluding tert-OH is 6. The average molecular weight is 296 g/mol. The summed E-state index contributed by atoms with van der Waals surface area (Å²) in [6.07, 6.45) is -9.46. The first-order valence-corrected chi connectivity index (χ1v) is 6.35. The summed E-state index contributed by atoms with van der Waals surface area (Å²) in [6.45, 7) is -0.828. The van der Waals surface area contributed by atoms with Crippen LogP contribution in [0.1, 0.15) is 0 Å². The first-order chi connectivity index (χ1) is 9.45. The van der Waals surface area contributed by atoms with E-state index in [1.165, 1.54) is 0 Å². The second-order valence-corrected chi connectivity index (χ2v) is 4.96. The van der Waals surface area contributed by atoms with Gasteiger partial charge < -0.3 is 44.8 Å². The Bertz CT molecular complexity index is 312. The van der Waals surface area contributed by atoms with Gasteiger partial charge in [-0.1, -0.05) is 0 Å². The van der Waals surface area contributed by atoms with Crippen molar-refractivity contribution in [2.45, 2.75) is 49.0 Å². The van der Waals surface area contributed by atoms with Crippen LogP contribution in [0, 0.1) is 0 Å². The van der Waals surface area contributed by atoms with E-state index >= 15 is 0 Å². The van der Waals surface area contributed by atoms with Crippen LogP contribution >= 0.6 is 0 Å². The Morgan fingerprint density at radius 3 is 2.15 bits per heavy atom. The van der Waals surface area contributed by atoms with Gasteiger partial charge in [-0.3, -0.25) is 0 Å². The van der Waals surface area contributed by atoms with E-state index < -0.39 is 55.6 Å². The van der Waals surface area contributed by atoms with E-state index in [2.05, 4.69) is 0 Å². The molecule has 0 bridgehead atoms. The van der Waals surface area contributed by atoms with Gasteiger partial charge >= 0.3 is 0 Å². The van der Waals surface area contributed by atoms with Crippen molar-refractivity contribution < 1.29 is 44.8 Å². The minimum atomic E-state index is -1.34. The van der Waals surface area contributed by atoms with Gasteiger partial charge in [-0.25, -0.2) is 0 Å². The molecule has 0 unspecified atom stereocenters. The van der Waals surface area contributed by atoms with Crippen LogP contribution in [0.4, 0.5) is 0 Å². The zero-order chi connectivity index (χ0) is 14.9. The highest BCUT2D eigenvalue weighted by Crippen LogP contribution is 2.23. The summed E-state index contributed by atoms with van der Waals surface area (Å²) in [5.41, 5.74) is 0. The third kappa shape index (κ3) is 3.11. The van der Waals surface area contributed by atoms with Crippen LogP contribution in [0.2, 0.25) is 0 Å². The van der Waals surface area contributed by atoms with Gasteiger partial charge in [0.25, 0.3) is 0 Å². The molecule has 0 aliphatic carbocycles. The van der Waals surface area contributed by atoms with Crippen molar-refractivity contribution in [1.82, 2.24) is 0 Å². The highest BCUT2D eigenvalue weighted by molar-refractivity contribution is 4.89. The highest BCUT2D eigenvalue weighted by Gasteiger charge is 2.44. The third-order valence-corrected chi connectivity index (χ3v) is 3.53. The van der Waals surface area contributed by atoms with Crippen molar-refractivity contribution in [2.75, 3.05) is 19.8 Å². The summed E-state index contributed by atoms with van der Waals surface area (Å²) < 4.78 is 15.4. The molecule has 8 atom stereocenters. The van der Waals surface area contributed by atoms with Gasteiger partial charge in [0, 0.05) is 0 Å². The summed E-state index contributed by atoms with van der Waals surface area (Å²) in [4.78, 5) is 0. The van der Waals surface area contributed by atoms with Crippen LogP contribution in [0.25, 0.3) is 0 Å². The number of aliphatic hydroxyl groups is 6. The molecule has 2 aliphatic rings. The topological polar surface area (TPSA) is 149 Å². The maximum Gasteiger partial charge on any atom is 0.186 e. The molecule has 0 aromatic heterocycles. The van der Waals surface area contributed by atoms with Crippen molar-refractivity contribution in [3.05, 3.63) is 0 Å². The molecule has 0 aromatic rings. The first-order valence-electron chi connectivity index (χ1n) is 6.35. The summed E-state index contributed by atoms with van der Waals surface area (Å²) in [5, 5.41) is 56.6. The smallest absolute Gasteiger partial charge is 0.186 e. The Balaban J connectivity index is 1.83. The number of hydrogen-bond donors (Lipinski definition) is 6. The quantitative estimate of drug-likeness (QED) is 0.304. The summed E-state index contributed by atoms with van der Waals surface area (Å²) in [5.74, 6) is 0. The van der Waals surface area contributed by atoms with Crippen molar-refractivity contribution in [2.24, 2.45) is 0 Å². The normalized spacial score (nSPS) is 49.5. The van der Waals surface area contributed by atoms with E-state index in [0.717, 1.165) is 0 Å². The molecular formula is C11H20O9. The van der Waals surface area contributed by atoms with Crippen LogP contribution in [0.5, 0.6) is 0 Å². The van der Waals surface area contributed by atoms with Gasteiger partial charge in [-0.05, 0) is 0 Å². The van der Waals surface area contributed by atoms with Gasteiger partial charge in [-0.2, -0.15) is 0 Å². The van der Waals surface area contributed by atoms with E-state index in [4.69, 9.17) is 19.3 Å². The molecule has 0 amide bonds. The van der Waals surface area contributed by atoms with Crippen LogP contribution in [-0.4, -0.2) is 99.5 Å².